The maximum Gasteiger partial charge on any atom is 0.198 e. The van der Waals surface area contributed by atoms with Gasteiger partial charge in [-0.1, -0.05) is 31.2 Å². The van der Waals surface area contributed by atoms with Crippen molar-refractivity contribution in [3.8, 4) is 0 Å². The molecule has 170 valence electrons. The van der Waals surface area contributed by atoms with Gasteiger partial charge in [-0.2, -0.15) is 5.21 Å². The number of pyridine rings is 1. The van der Waals surface area contributed by atoms with E-state index in [4.69, 9.17) is 9.97 Å². The zero-order valence-electron chi connectivity index (χ0n) is 19.5. The highest BCUT2D eigenvalue weighted by molar-refractivity contribution is 7.12. The molecule has 5 aromatic rings. The van der Waals surface area contributed by atoms with E-state index in [9.17, 15) is 0 Å². The highest BCUT2D eigenvalue weighted by Gasteiger charge is 2.22. The number of hydrogen-bond donors (Lipinski definition) is 1. The minimum atomic E-state index is 0.592. The largest absolute Gasteiger partial charge is 0.307 e. The van der Waals surface area contributed by atoms with Gasteiger partial charge in [0, 0.05) is 21.9 Å². The average Bonchev–Trinajstić information content (AvgIpc) is 3.54. The lowest BCUT2D eigenvalue weighted by Crippen LogP contribution is -2.04. The van der Waals surface area contributed by atoms with Crippen LogP contribution >= 0.6 is 11.3 Å². The fourth-order valence-electron chi connectivity index (χ4n) is 4.93. The Balaban J connectivity index is 1.47. The molecule has 0 amide bonds. The van der Waals surface area contributed by atoms with E-state index in [1.165, 1.54) is 32.0 Å². The number of tetrazole rings is 1. The molecule has 1 aliphatic rings. The number of thiophene rings is 1. The molecule has 0 atom stereocenters. The van der Waals surface area contributed by atoms with Crippen molar-refractivity contribution in [2.75, 3.05) is 0 Å². The van der Waals surface area contributed by atoms with Crippen molar-refractivity contribution >= 4 is 34.1 Å². The number of aromatic nitrogens is 7. The molecule has 6 rings (SSSR count). The van der Waals surface area contributed by atoms with E-state index in [0.717, 1.165) is 54.1 Å². The molecule has 0 saturated carbocycles. The van der Waals surface area contributed by atoms with Crippen molar-refractivity contribution in [1.82, 2.24) is 35.2 Å². The Bertz CT molecular complexity index is 1540. The van der Waals surface area contributed by atoms with Crippen LogP contribution in [0.25, 0.3) is 22.8 Å². The summed E-state index contributed by atoms with van der Waals surface area (Å²) in [6, 6.07) is 13.1. The summed E-state index contributed by atoms with van der Waals surface area (Å²) in [6.45, 7) is 7.10. The second-order valence-corrected chi connectivity index (χ2v) is 9.98. The summed E-state index contributed by atoms with van der Waals surface area (Å²) >= 11 is 1.89. The van der Waals surface area contributed by atoms with Crippen LogP contribution in [0.3, 0.4) is 0 Å². The van der Waals surface area contributed by atoms with Gasteiger partial charge in [-0.05, 0) is 77.9 Å². The van der Waals surface area contributed by atoms with Gasteiger partial charge in [-0.25, -0.2) is 9.97 Å². The molecule has 0 fully saturated rings. The van der Waals surface area contributed by atoms with Crippen LogP contribution in [0.1, 0.15) is 56.3 Å². The zero-order valence-corrected chi connectivity index (χ0v) is 20.3. The molecule has 34 heavy (non-hydrogen) atoms. The summed E-state index contributed by atoms with van der Waals surface area (Å²) in [5.41, 5.74) is 9.20. The van der Waals surface area contributed by atoms with Crippen LogP contribution in [-0.4, -0.2) is 35.2 Å². The van der Waals surface area contributed by atoms with Crippen molar-refractivity contribution in [3.05, 3.63) is 85.7 Å². The third-order valence-electron chi connectivity index (χ3n) is 6.45. The molecule has 0 spiro atoms. The summed E-state index contributed by atoms with van der Waals surface area (Å²) in [7, 11) is 0. The number of H-pyrrole nitrogens is 1. The molecule has 0 aliphatic heterocycles. The molecule has 1 aliphatic carbocycles. The van der Waals surface area contributed by atoms with E-state index >= 15 is 0 Å². The number of rotatable bonds is 4. The fraction of sp³-hybridized carbons (Fsp3) is 0.269. The Hall–Kier alpha value is -3.65. The second-order valence-electron chi connectivity index (χ2n) is 8.76. The van der Waals surface area contributed by atoms with Gasteiger partial charge in [0.1, 0.15) is 11.3 Å². The number of aromatic amines is 1. The zero-order chi connectivity index (χ0) is 23.2. The summed E-state index contributed by atoms with van der Waals surface area (Å²) < 4.78 is 2.29. The molecule has 0 radical (unpaired) electrons. The molecular formula is C26H25N7S. The molecule has 1 N–H and O–H groups in total. The number of hydrogen-bond acceptors (Lipinski definition) is 6. The maximum absolute atomic E-state index is 4.93. The van der Waals surface area contributed by atoms with Crippen LogP contribution in [0, 0.1) is 13.8 Å². The first-order valence-corrected chi connectivity index (χ1v) is 12.4. The lowest BCUT2D eigenvalue weighted by Gasteiger charge is -2.09. The van der Waals surface area contributed by atoms with Crippen molar-refractivity contribution in [1.29, 1.82) is 0 Å². The summed E-state index contributed by atoms with van der Waals surface area (Å²) in [5.74, 6) is 1.67. The minimum absolute atomic E-state index is 0.592. The Morgan fingerprint density at radius 1 is 1.09 bits per heavy atom. The summed E-state index contributed by atoms with van der Waals surface area (Å²) in [6.07, 6.45) is 4.95. The van der Waals surface area contributed by atoms with Crippen molar-refractivity contribution in [2.45, 2.75) is 46.6 Å². The van der Waals surface area contributed by atoms with Gasteiger partial charge < -0.3 is 4.57 Å². The predicted octanol–water partition coefficient (Wildman–Crippen LogP) is 4.92. The van der Waals surface area contributed by atoms with Gasteiger partial charge in [-0.3, -0.25) is 0 Å². The SMILES string of the molecule is CCc1nc2c(C)cc(C)nc2n1Cc1cc2c(s1)CCc1ccccc1C2=Cc1nn[nH]n1. The predicted molar refractivity (Wildman–Crippen MR) is 135 cm³/mol. The van der Waals surface area contributed by atoms with E-state index in [1.807, 2.05) is 17.4 Å². The third kappa shape index (κ3) is 3.54. The molecule has 0 saturated heterocycles. The highest BCUT2D eigenvalue weighted by atomic mass is 32.1. The molecule has 1 aromatic carbocycles. The fourth-order valence-corrected chi connectivity index (χ4v) is 6.10. The Kier molecular flexibility index (Phi) is 5.10. The Labute approximate surface area is 201 Å². The van der Waals surface area contributed by atoms with Gasteiger partial charge >= 0.3 is 0 Å². The molecule has 8 heteroatoms. The lowest BCUT2D eigenvalue weighted by molar-refractivity contribution is 0.753. The van der Waals surface area contributed by atoms with Crippen LogP contribution in [-0.2, 0) is 25.8 Å². The van der Waals surface area contributed by atoms with Gasteiger partial charge in [0.05, 0.1) is 6.54 Å². The third-order valence-corrected chi connectivity index (χ3v) is 7.63. The van der Waals surface area contributed by atoms with Gasteiger partial charge in [-0.15, -0.1) is 21.5 Å². The van der Waals surface area contributed by atoms with Crippen LogP contribution in [0.15, 0.2) is 36.4 Å². The molecule has 4 heterocycles. The molecule has 0 unspecified atom stereocenters. The molecule has 7 nitrogen and oxygen atoms in total. The number of fused-ring (bicyclic) bond motifs is 3. The number of nitrogens with zero attached hydrogens (tertiary/aromatic N) is 6. The van der Waals surface area contributed by atoms with Gasteiger partial charge in [0.15, 0.2) is 11.5 Å². The minimum Gasteiger partial charge on any atom is -0.307 e. The smallest absolute Gasteiger partial charge is 0.198 e. The summed E-state index contributed by atoms with van der Waals surface area (Å²) in [4.78, 5) is 12.5. The van der Waals surface area contributed by atoms with E-state index in [1.54, 1.807) is 0 Å². The maximum atomic E-state index is 4.93. The Morgan fingerprint density at radius 3 is 2.79 bits per heavy atom. The molecule has 0 bridgehead atoms. The standard InChI is InChI=1S/C26H25N7S/c1-4-24-28-25-15(2)11-16(3)27-26(25)33(24)14-18-12-21-20(13-23-29-31-32-30-23)19-8-6-5-7-17(19)9-10-22(21)34-18/h5-8,11-13H,4,9-10,14H2,1-3H3,(H,29,30,31,32). The average molecular weight is 468 g/mol. The van der Waals surface area contributed by atoms with Gasteiger partial charge in [0.25, 0.3) is 0 Å². The Morgan fingerprint density at radius 2 is 1.97 bits per heavy atom. The number of nitrogens with one attached hydrogen (secondary N) is 1. The summed E-state index contributed by atoms with van der Waals surface area (Å²) in [5, 5.41) is 14.7. The topological polar surface area (TPSA) is 85.2 Å². The monoisotopic (exact) mass is 467 g/mol. The van der Waals surface area contributed by atoms with Crippen LogP contribution < -0.4 is 0 Å². The second kappa shape index (κ2) is 8.29. The van der Waals surface area contributed by atoms with Crippen LogP contribution in [0.2, 0.25) is 0 Å². The highest BCUT2D eigenvalue weighted by Crippen LogP contribution is 2.39. The number of aryl methyl sites for hydroxylation is 5. The van der Waals surface area contributed by atoms with E-state index < -0.39 is 0 Å². The number of imidazole rings is 1. The van der Waals surface area contributed by atoms with Gasteiger partial charge in [0.2, 0.25) is 0 Å². The first kappa shape index (κ1) is 20.9. The normalized spacial score (nSPS) is 14.4. The molecular weight excluding hydrogens is 442 g/mol. The molecule has 4 aromatic heterocycles. The van der Waals surface area contributed by atoms with E-state index in [0.29, 0.717) is 5.82 Å². The van der Waals surface area contributed by atoms with E-state index in [2.05, 4.69) is 82.4 Å². The van der Waals surface area contributed by atoms with Crippen molar-refractivity contribution in [2.24, 2.45) is 0 Å². The first-order valence-electron chi connectivity index (χ1n) is 11.6. The first-order chi connectivity index (χ1) is 16.6. The van der Waals surface area contributed by atoms with Crippen LogP contribution in [0.4, 0.5) is 0 Å². The quantitative estimate of drug-likeness (QED) is 0.405. The van der Waals surface area contributed by atoms with Crippen molar-refractivity contribution in [3.63, 3.8) is 0 Å². The lowest BCUT2D eigenvalue weighted by atomic mass is 9.95. The van der Waals surface area contributed by atoms with Crippen molar-refractivity contribution < 1.29 is 0 Å². The number of benzene rings is 1. The van der Waals surface area contributed by atoms with Crippen LogP contribution in [0.5, 0.6) is 0 Å². The van der Waals surface area contributed by atoms with E-state index in [-0.39, 0.29) is 0 Å².